The number of unbranched alkanes of at least 4 members (excludes halogenated alkanes) is 9. The minimum absolute atomic E-state index is 0.861. The van der Waals surface area contributed by atoms with Gasteiger partial charge in [-0.05, 0) is 51.5 Å². The van der Waals surface area contributed by atoms with E-state index in [4.69, 9.17) is 4.74 Å². The van der Waals surface area contributed by atoms with E-state index >= 15 is 0 Å². The molecule has 0 aromatic heterocycles. The fourth-order valence-electron chi connectivity index (χ4n) is 2.74. The Bertz CT molecular complexity index is 286. The summed E-state index contributed by atoms with van der Waals surface area (Å²) >= 11 is 0. The van der Waals surface area contributed by atoms with Gasteiger partial charge in [0.25, 0.3) is 0 Å². The first kappa shape index (κ1) is 24.4. The molecule has 0 rings (SSSR count). The molecular weight excluding hydrogens is 306 g/mol. The van der Waals surface area contributed by atoms with Crippen LogP contribution in [0.25, 0.3) is 0 Å². The van der Waals surface area contributed by atoms with Crippen LogP contribution in [0.1, 0.15) is 97.3 Å². The first-order valence-corrected chi connectivity index (χ1v) is 11.0. The molecule has 0 saturated carbocycles. The SMILES string of the molecule is CCCCC/C=C\C/C=C\CCCCCCCCOCCNCCC. The minimum atomic E-state index is 0.861. The third-order valence-electron chi connectivity index (χ3n) is 4.34. The van der Waals surface area contributed by atoms with E-state index in [0.717, 1.165) is 32.7 Å². The molecule has 0 saturated heterocycles. The average molecular weight is 352 g/mol. The summed E-state index contributed by atoms with van der Waals surface area (Å²) in [7, 11) is 0. The summed E-state index contributed by atoms with van der Waals surface area (Å²) in [5, 5.41) is 3.36. The van der Waals surface area contributed by atoms with Gasteiger partial charge in [0.2, 0.25) is 0 Å². The maximum atomic E-state index is 5.62. The second kappa shape index (κ2) is 23.4. The molecule has 148 valence electrons. The molecule has 0 atom stereocenters. The summed E-state index contributed by atoms with van der Waals surface area (Å²) in [5.41, 5.74) is 0. The summed E-state index contributed by atoms with van der Waals surface area (Å²) in [5.74, 6) is 0. The lowest BCUT2D eigenvalue weighted by atomic mass is 10.1. The van der Waals surface area contributed by atoms with Crippen molar-refractivity contribution in [2.45, 2.75) is 97.3 Å². The molecule has 1 N–H and O–H groups in total. The summed E-state index contributed by atoms with van der Waals surface area (Å²) < 4.78 is 5.62. The van der Waals surface area contributed by atoms with Gasteiger partial charge in [0.15, 0.2) is 0 Å². The van der Waals surface area contributed by atoms with Crippen LogP contribution in [0.2, 0.25) is 0 Å². The molecule has 0 fully saturated rings. The monoisotopic (exact) mass is 351 g/mol. The second-order valence-electron chi connectivity index (χ2n) is 6.95. The van der Waals surface area contributed by atoms with Crippen LogP contribution in [0.4, 0.5) is 0 Å². The lowest BCUT2D eigenvalue weighted by Gasteiger charge is -2.05. The highest BCUT2D eigenvalue weighted by molar-refractivity contribution is 4.92. The van der Waals surface area contributed by atoms with Gasteiger partial charge < -0.3 is 10.1 Å². The Morgan fingerprint density at radius 1 is 0.600 bits per heavy atom. The highest BCUT2D eigenvalue weighted by atomic mass is 16.5. The van der Waals surface area contributed by atoms with Crippen molar-refractivity contribution in [1.82, 2.24) is 5.32 Å². The van der Waals surface area contributed by atoms with Gasteiger partial charge in [-0.15, -0.1) is 0 Å². The number of allylic oxidation sites excluding steroid dienone is 4. The molecule has 0 amide bonds. The van der Waals surface area contributed by atoms with E-state index in [1.54, 1.807) is 0 Å². The maximum absolute atomic E-state index is 5.62. The van der Waals surface area contributed by atoms with Crippen LogP contribution in [0.15, 0.2) is 24.3 Å². The van der Waals surface area contributed by atoms with Crippen LogP contribution in [0, 0.1) is 0 Å². The smallest absolute Gasteiger partial charge is 0.0590 e. The first-order valence-electron chi connectivity index (χ1n) is 11.0. The Morgan fingerprint density at radius 2 is 1.24 bits per heavy atom. The van der Waals surface area contributed by atoms with Crippen molar-refractivity contribution in [2.75, 3.05) is 26.3 Å². The zero-order chi connectivity index (χ0) is 18.3. The van der Waals surface area contributed by atoms with Crippen molar-refractivity contribution in [1.29, 1.82) is 0 Å². The zero-order valence-electron chi connectivity index (χ0n) is 17.2. The number of hydrogen-bond donors (Lipinski definition) is 1. The molecule has 0 bridgehead atoms. The molecule has 0 aromatic rings. The number of nitrogens with one attached hydrogen (secondary N) is 1. The largest absolute Gasteiger partial charge is 0.380 e. The quantitative estimate of drug-likeness (QED) is 0.192. The van der Waals surface area contributed by atoms with Crippen LogP contribution in [-0.4, -0.2) is 26.3 Å². The molecule has 0 heterocycles. The highest BCUT2D eigenvalue weighted by Gasteiger charge is 1.92. The van der Waals surface area contributed by atoms with Crippen molar-refractivity contribution in [3.8, 4) is 0 Å². The van der Waals surface area contributed by atoms with Crippen molar-refractivity contribution in [3.63, 3.8) is 0 Å². The Kier molecular flexibility index (Phi) is 22.8. The topological polar surface area (TPSA) is 21.3 Å². The van der Waals surface area contributed by atoms with Gasteiger partial charge in [0.1, 0.15) is 0 Å². The van der Waals surface area contributed by atoms with Gasteiger partial charge in [-0.1, -0.05) is 76.7 Å². The summed E-state index contributed by atoms with van der Waals surface area (Å²) in [6.07, 6.45) is 26.2. The molecular formula is C23H45NO. The van der Waals surface area contributed by atoms with Crippen LogP contribution < -0.4 is 5.32 Å². The molecule has 0 radical (unpaired) electrons. The average Bonchev–Trinajstić information content (AvgIpc) is 2.63. The van der Waals surface area contributed by atoms with E-state index in [1.165, 1.54) is 77.0 Å². The lowest BCUT2D eigenvalue weighted by molar-refractivity contribution is 0.131. The van der Waals surface area contributed by atoms with Crippen molar-refractivity contribution >= 4 is 0 Å². The van der Waals surface area contributed by atoms with Gasteiger partial charge in [0.05, 0.1) is 6.61 Å². The minimum Gasteiger partial charge on any atom is -0.380 e. The molecule has 0 aliphatic carbocycles. The summed E-state index contributed by atoms with van der Waals surface area (Å²) in [4.78, 5) is 0. The third kappa shape index (κ3) is 23.4. The van der Waals surface area contributed by atoms with Gasteiger partial charge in [-0.2, -0.15) is 0 Å². The number of rotatable bonds is 20. The van der Waals surface area contributed by atoms with Gasteiger partial charge >= 0.3 is 0 Å². The lowest BCUT2D eigenvalue weighted by Crippen LogP contribution is -2.20. The third-order valence-corrected chi connectivity index (χ3v) is 4.34. The highest BCUT2D eigenvalue weighted by Crippen LogP contribution is 2.08. The van der Waals surface area contributed by atoms with Gasteiger partial charge in [-0.25, -0.2) is 0 Å². The van der Waals surface area contributed by atoms with E-state index in [-0.39, 0.29) is 0 Å². The standard InChI is InChI=1S/C23H45NO/c1-3-5-6-7-8-9-10-11-12-13-14-15-16-17-18-19-22-25-23-21-24-20-4-2/h8-9,11-12,24H,3-7,10,13-23H2,1-2H3/b9-8-,12-11-. The zero-order valence-corrected chi connectivity index (χ0v) is 17.2. The van der Waals surface area contributed by atoms with Gasteiger partial charge in [0, 0.05) is 13.2 Å². The molecule has 0 aliphatic heterocycles. The predicted octanol–water partition coefficient (Wildman–Crippen LogP) is 6.82. The Morgan fingerprint density at radius 3 is 1.92 bits per heavy atom. The van der Waals surface area contributed by atoms with Crippen molar-refractivity contribution < 1.29 is 4.74 Å². The molecule has 0 aromatic carbocycles. The van der Waals surface area contributed by atoms with E-state index in [9.17, 15) is 0 Å². The summed E-state index contributed by atoms with van der Waals surface area (Å²) in [6.45, 7) is 8.35. The van der Waals surface area contributed by atoms with E-state index < -0.39 is 0 Å². The molecule has 2 nitrogen and oxygen atoms in total. The Balaban J connectivity index is 3.10. The number of ether oxygens (including phenoxy) is 1. The normalized spacial score (nSPS) is 11.9. The molecule has 0 spiro atoms. The fourth-order valence-corrected chi connectivity index (χ4v) is 2.74. The predicted molar refractivity (Wildman–Crippen MR) is 113 cm³/mol. The maximum Gasteiger partial charge on any atom is 0.0590 e. The number of hydrogen-bond acceptors (Lipinski definition) is 2. The molecule has 0 aliphatic rings. The van der Waals surface area contributed by atoms with E-state index in [2.05, 4.69) is 43.5 Å². The van der Waals surface area contributed by atoms with Crippen LogP contribution in [0.3, 0.4) is 0 Å². The molecule has 0 unspecified atom stereocenters. The van der Waals surface area contributed by atoms with Crippen LogP contribution >= 0.6 is 0 Å². The van der Waals surface area contributed by atoms with Crippen LogP contribution in [0.5, 0.6) is 0 Å². The summed E-state index contributed by atoms with van der Waals surface area (Å²) in [6, 6.07) is 0. The van der Waals surface area contributed by atoms with E-state index in [1.807, 2.05) is 0 Å². The van der Waals surface area contributed by atoms with Crippen molar-refractivity contribution in [2.24, 2.45) is 0 Å². The Hall–Kier alpha value is -0.600. The van der Waals surface area contributed by atoms with Crippen molar-refractivity contribution in [3.05, 3.63) is 24.3 Å². The van der Waals surface area contributed by atoms with E-state index in [0.29, 0.717) is 0 Å². The van der Waals surface area contributed by atoms with Crippen LogP contribution in [-0.2, 0) is 4.74 Å². The Labute approximate surface area is 158 Å². The molecule has 2 heteroatoms. The second-order valence-corrected chi connectivity index (χ2v) is 6.95. The molecule has 25 heavy (non-hydrogen) atoms. The fraction of sp³-hybridized carbons (Fsp3) is 0.826. The van der Waals surface area contributed by atoms with Gasteiger partial charge in [-0.3, -0.25) is 0 Å². The first-order chi connectivity index (χ1) is 12.4.